The number of halogens is 1. The maximum atomic E-state index is 13.7. The molecule has 4 aromatic rings. The van der Waals surface area contributed by atoms with Gasteiger partial charge in [-0.2, -0.15) is 5.10 Å². The predicted molar refractivity (Wildman–Crippen MR) is 126 cm³/mol. The number of nitrogens with one attached hydrogen (secondary N) is 1. The molecule has 0 saturated heterocycles. The lowest BCUT2D eigenvalue weighted by atomic mass is 10.1. The van der Waals surface area contributed by atoms with Gasteiger partial charge in [0.25, 0.3) is 5.91 Å². The standard InChI is InChI=1S/C26H26FN5O/c1-2-24-30-25(21-15-22(27)18-28-17-21)32(31-24)23-13-8-12-20(16-23)26(33)29-14-7-6-11-19-9-4-3-5-10-19/h3-5,8-10,12-13,15-18H,2,6-7,11,14H2,1H3,(H,29,33). The largest absolute Gasteiger partial charge is 0.352 e. The van der Waals surface area contributed by atoms with Crippen molar-refractivity contribution in [3.63, 3.8) is 0 Å². The summed E-state index contributed by atoms with van der Waals surface area (Å²) in [5.41, 5.74) is 3.04. The zero-order valence-corrected chi connectivity index (χ0v) is 18.5. The van der Waals surface area contributed by atoms with Crippen LogP contribution in [0.25, 0.3) is 17.1 Å². The highest BCUT2D eigenvalue weighted by Crippen LogP contribution is 2.22. The first-order valence-electron chi connectivity index (χ1n) is 11.1. The summed E-state index contributed by atoms with van der Waals surface area (Å²) in [6.07, 6.45) is 6.24. The molecule has 168 valence electrons. The summed E-state index contributed by atoms with van der Waals surface area (Å²) in [7, 11) is 0. The van der Waals surface area contributed by atoms with Crippen molar-refractivity contribution in [3.8, 4) is 17.1 Å². The molecule has 0 unspecified atom stereocenters. The molecule has 0 saturated carbocycles. The number of aromatic nitrogens is 4. The van der Waals surface area contributed by atoms with Crippen molar-refractivity contribution in [3.05, 3.63) is 95.8 Å². The zero-order chi connectivity index (χ0) is 23.0. The normalized spacial score (nSPS) is 10.8. The molecule has 0 atom stereocenters. The van der Waals surface area contributed by atoms with E-state index in [-0.39, 0.29) is 5.91 Å². The van der Waals surface area contributed by atoms with Crippen LogP contribution < -0.4 is 5.32 Å². The van der Waals surface area contributed by atoms with Crippen LogP contribution >= 0.6 is 0 Å². The average molecular weight is 444 g/mol. The highest BCUT2D eigenvalue weighted by Gasteiger charge is 2.15. The Morgan fingerprint density at radius 2 is 1.88 bits per heavy atom. The van der Waals surface area contributed by atoms with E-state index >= 15 is 0 Å². The van der Waals surface area contributed by atoms with E-state index < -0.39 is 5.82 Å². The fraction of sp³-hybridized carbons (Fsp3) is 0.231. The fourth-order valence-electron chi connectivity index (χ4n) is 3.59. The number of unbranched alkanes of at least 4 members (excludes halogenated alkanes) is 1. The van der Waals surface area contributed by atoms with Gasteiger partial charge in [0, 0.05) is 30.3 Å². The van der Waals surface area contributed by atoms with Crippen molar-refractivity contribution < 1.29 is 9.18 Å². The highest BCUT2D eigenvalue weighted by molar-refractivity contribution is 5.94. The minimum absolute atomic E-state index is 0.138. The van der Waals surface area contributed by atoms with Gasteiger partial charge >= 0.3 is 0 Å². The molecule has 2 heterocycles. The lowest BCUT2D eigenvalue weighted by Gasteiger charge is -2.09. The maximum absolute atomic E-state index is 13.7. The van der Waals surface area contributed by atoms with Crippen molar-refractivity contribution in [2.45, 2.75) is 32.6 Å². The SMILES string of the molecule is CCc1nc(-c2cncc(F)c2)n(-c2cccc(C(=O)NCCCCc3ccccc3)c2)n1. The third-order valence-corrected chi connectivity index (χ3v) is 5.30. The molecule has 0 aliphatic heterocycles. The summed E-state index contributed by atoms with van der Waals surface area (Å²) in [5, 5.41) is 7.53. The van der Waals surface area contributed by atoms with E-state index in [0.717, 1.165) is 25.5 Å². The van der Waals surface area contributed by atoms with E-state index in [9.17, 15) is 9.18 Å². The molecular formula is C26H26FN5O. The number of carbonyl (C=O) groups is 1. The van der Waals surface area contributed by atoms with Crippen LogP contribution in [-0.2, 0) is 12.8 Å². The first kappa shape index (κ1) is 22.3. The Morgan fingerprint density at radius 3 is 2.67 bits per heavy atom. The molecule has 6 nitrogen and oxygen atoms in total. The van der Waals surface area contributed by atoms with Gasteiger partial charge in [-0.25, -0.2) is 14.1 Å². The number of aryl methyl sites for hydroxylation is 2. The summed E-state index contributed by atoms with van der Waals surface area (Å²) in [6.45, 7) is 2.56. The van der Waals surface area contributed by atoms with Crippen molar-refractivity contribution >= 4 is 5.91 Å². The second-order valence-corrected chi connectivity index (χ2v) is 7.76. The first-order chi connectivity index (χ1) is 16.1. The molecule has 0 fully saturated rings. The number of benzene rings is 2. The van der Waals surface area contributed by atoms with Crippen LogP contribution in [0.2, 0.25) is 0 Å². The lowest BCUT2D eigenvalue weighted by molar-refractivity contribution is 0.0953. The van der Waals surface area contributed by atoms with E-state index in [0.29, 0.717) is 41.4 Å². The number of nitrogens with zero attached hydrogens (tertiary/aromatic N) is 4. The second-order valence-electron chi connectivity index (χ2n) is 7.76. The van der Waals surface area contributed by atoms with Gasteiger partial charge in [0.15, 0.2) is 11.6 Å². The molecule has 0 aliphatic rings. The Bertz CT molecular complexity index is 1220. The smallest absolute Gasteiger partial charge is 0.251 e. The third-order valence-electron chi connectivity index (χ3n) is 5.30. The van der Waals surface area contributed by atoms with Crippen LogP contribution in [0, 0.1) is 5.82 Å². The molecule has 2 aromatic carbocycles. The molecule has 1 N–H and O–H groups in total. The molecule has 33 heavy (non-hydrogen) atoms. The summed E-state index contributed by atoms with van der Waals surface area (Å²) in [5.74, 6) is 0.529. The van der Waals surface area contributed by atoms with E-state index in [2.05, 4.69) is 32.5 Å². The van der Waals surface area contributed by atoms with Gasteiger partial charge in [0.05, 0.1) is 11.9 Å². The zero-order valence-electron chi connectivity index (χ0n) is 18.5. The maximum Gasteiger partial charge on any atom is 0.251 e. The van der Waals surface area contributed by atoms with Crippen molar-refractivity contribution in [2.75, 3.05) is 6.54 Å². The summed E-state index contributed by atoms with van der Waals surface area (Å²) in [6, 6.07) is 18.9. The Kier molecular flexibility index (Phi) is 7.19. The Morgan fingerprint density at radius 1 is 1.03 bits per heavy atom. The molecule has 0 spiro atoms. The third kappa shape index (κ3) is 5.68. The number of hydrogen-bond acceptors (Lipinski definition) is 4. The quantitative estimate of drug-likeness (QED) is 0.378. The van der Waals surface area contributed by atoms with E-state index in [4.69, 9.17) is 0 Å². The first-order valence-corrected chi connectivity index (χ1v) is 11.1. The molecule has 7 heteroatoms. The van der Waals surface area contributed by atoms with Gasteiger partial charge < -0.3 is 5.32 Å². The highest BCUT2D eigenvalue weighted by atomic mass is 19.1. The van der Waals surface area contributed by atoms with Crippen LogP contribution in [0.5, 0.6) is 0 Å². The van der Waals surface area contributed by atoms with Gasteiger partial charge in [-0.05, 0) is 49.1 Å². The predicted octanol–water partition coefficient (Wildman–Crippen LogP) is 4.78. The van der Waals surface area contributed by atoms with E-state index in [1.807, 2.05) is 31.2 Å². The lowest BCUT2D eigenvalue weighted by Crippen LogP contribution is -2.24. The minimum atomic E-state index is -0.444. The average Bonchev–Trinajstić information content (AvgIpc) is 3.29. The molecular weight excluding hydrogens is 417 g/mol. The van der Waals surface area contributed by atoms with Crippen molar-refractivity contribution in [2.24, 2.45) is 0 Å². The molecule has 0 aliphatic carbocycles. The number of hydrogen-bond donors (Lipinski definition) is 1. The number of rotatable bonds is 9. The fourth-order valence-corrected chi connectivity index (χ4v) is 3.59. The molecule has 0 bridgehead atoms. The van der Waals surface area contributed by atoms with Crippen LogP contribution in [0.4, 0.5) is 4.39 Å². The molecule has 4 rings (SSSR count). The molecule has 1 amide bonds. The van der Waals surface area contributed by atoms with Gasteiger partial charge in [0.2, 0.25) is 0 Å². The van der Waals surface area contributed by atoms with Crippen LogP contribution in [-0.4, -0.2) is 32.2 Å². The minimum Gasteiger partial charge on any atom is -0.352 e. The Labute approximate surface area is 192 Å². The van der Waals surface area contributed by atoms with Crippen LogP contribution in [0.15, 0.2) is 73.1 Å². The number of amides is 1. The molecule has 2 aromatic heterocycles. The topological polar surface area (TPSA) is 72.7 Å². The molecule has 0 radical (unpaired) electrons. The van der Waals surface area contributed by atoms with Gasteiger partial charge in [-0.15, -0.1) is 0 Å². The van der Waals surface area contributed by atoms with Crippen LogP contribution in [0.1, 0.15) is 41.5 Å². The van der Waals surface area contributed by atoms with E-state index in [1.165, 1.54) is 11.6 Å². The Hall–Kier alpha value is -3.87. The second kappa shape index (κ2) is 10.6. The summed E-state index contributed by atoms with van der Waals surface area (Å²) in [4.78, 5) is 21.2. The van der Waals surface area contributed by atoms with Gasteiger partial charge in [0.1, 0.15) is 5.82 Å². The van der Waals surface area contributed by atoms with Crippen molar-refractivity contribution in [1.29, 1.82) is 0 Å². The Balaban J connectivity index is 1.44. The summed E-state index contributed by atoms with van der Waals surface area (Å²) >= 11 is 0. The number of pyridine rings is 1. The monoisotopic (exact) mass is 443 g/mol. The van der Waals surface area contributed by atoms with Crippen molar-refractivity contribution in [1.82, 2.24) is 25.1 Å². The number of carbonyl (C=O) groups excluding carboxylic acids is 1. The summed E-state index contributed by atoms with van der Waals surface area (Å²) < 4.78 is 15.4. The van der Waals surface area contributed by atoms with Crippen LogP contribution in [0.3, 0.4) is 0 Å². The van der Waals surface area contributed by atoms with E-state index in [1.54, 1.807) is 29.1 Å². The van der Waals surface area contributed by atoms with Gasteiger partial charge in [-0.3, -0.25) is 9.78 Å². The van der Waals surface area contributed by atoms with Gasteiger partial charge in [-0.1, -0.05) is 43.3 Å².